The maximum atomic E-state index is 12.2. The number of nitrogens with zero attached hydrogens (tertiary/aromatic N) is 1. The molecule has 0 spiro atoms. The first-order chi connectivity index (χ1) is 9.61. The third kappa shape index (κ3) is 3.35. The summed E-state index contributed by atoms with van der Waals surface area (Å²) in [6.07, 6.45) is 1.86. The maximum Gasteiger partial charge on any atom is 0.212 e. The number of halogens is 1. The van der Waals surface area contributed by atoms with E-state index >= 15 is 0 Å². The number of Topliss-reactive ketones (excluding diaryl/α,β-unsaturated/α-hetero) is 1. The third-order valence-corrected chi connectivity index (χ3v) is 3.33. The Bertz CT molecular complexity index is 599. The highest BCUT2D eigenvalue weighted by atomic mass is 35.5. The van der Waals surface area contributed by atoms with Gasteiger partial charge in [-0.25, -0.2) is 4.98 Å². The van der Waals surface area contributed by atoms with Crippen molar-refractivity contribution in [1.82, 2.24) is 4.98 Å². The van der Waals surface area contributed by atoms with Crippen LogP contribution in [-0.4, -0.2) is 23.9 Å². The smallest absolute Gasteiger partial charge is 0.212 e. The quantitative estimate of drug-likeness (QED) is 0.859. The summed E-state index contributed by atoms with van der Waals surface area (Å²) in [5.41, 5.74) is 7.27. The number of carbonyl (C=O) groups is 1. The highest BCUT2D eigenvalue weighted by Crippen LogP contribution is 2.17. The number of methoxy groups -OCH3 is 1. The molecule has 0 radical (unpaired) electrons. The number of carbonyl (C=O) groups excluding carboxylic acids is 1. The zero-order chi connectivity index (χ0) is 14.5. The number of pyridine rings is 1. The van der Waals surface area contributed by atoms with Crippen LogP contribution in [0.5, 0.6) is 5.88 Å². The van der Waals surface area contributed by atoms with Crippen LogP contribution in [0.4, 0.5) is 0 Å². The molecule has 1 aromatic carbocycles. The highest BCUT2D eigenvalue weighted by Gasteiger charge is 2.17. The van der Waals surface area contributed by atoms with Gasteiger partial charge in [-0.1, -0.05) is 29.8 Å². The van der Waals surface area contributed by atoms with Crippen LogP contribution in [0.2, 0.25) is 5.02 Å². The average Bonchev–Trinajstić information content (AvgIpc) is 2.49. The number of hydrogen-bond donors (Lipinski definition) is 1. The Labute approximate surface area is 122 Å². The van der Waals surface area contributed by atoms with E-state index < -0.39 is 6.04 Å². The zero-order valence-corrected chi connectivity index (χ0v) is 11.8. The standard InChI is InChI=1S/C15H15ClN2O2/c1-20-14-7-6-11(9-18-14)15(19)13(17)8-10-4-2-3-5-12(10)16/h2-7,9,13H,8,17H2,1H3. The summed E-state index contributed by atoms with van der Waals surface area (Å²) >= 11 is 6.06. The van der Waals surface area contributed by atoms with Crippen molar-refractivity contribution in [2.75, 3.05) is 7.11 Å². The first kappa shape index (κ1) is 14.5. The van der Waals surface area contributed by atoms with E-state index in [2.05, 4.69) is 4.98 Å². The fourth-order valence-corrected chi connectivity index (χ4v) is 2.07. The molecule has 20 heavy (non-hydrogen) atoms. The average molecular weight is 291 g/mol. The molecular weight excluding hydrogens is 276 g/mol. The van der Waals surface area contributed by atoms with Gasteiger partial charge in [-0.3, -0.25) is 4.79 Å². The van der Waals surface area contributed by atoms with Crippen molar-refractivity contribution >= 4 is 17.4 Å². The Balaban J connectivity index is 2.10. The lowest BCUT2D eigenvalue weighted by Gasteiger charge is -2.12. The molecule has 0 aliphatic carbocycles. The van der Waals surface area contributed by atoms with Crippen molar-refractivity contribution in [2.24, 2.45) is 5.73 Å². The summed E-state index contributed by atoms with van der Waals surface area (Å²) in [4.78, 5) is 16.2. The van der Waals surface area contributed by atoms with Gasteiger partial charge in [0.25, 0.3) is 0 Å². The van der Waals surface area contributed by atoms with Gasteiger partial charge in [0.05, 0.1) is 13.2 Å². The molecule has 1 aromatic heterocycles. The Morgan fingerprint density at radius 1 is 1.35 bits per heavy atom. The number of nitrogens with two attached hydrogens (primary N) is 1. The predicted octanol–water partition coefficient (Wildman–Crippen LogP) is 2.50. The first-order valence-electron chi connectivity index (χ1n) is 6.15. The summed E-state index contributed by atoms with van der Waals surface area (Å²) in [6, 6.07) is 9.99. The molecule has 1 heterocycles. The van der Waals surface area contributed by atoms with Gasteiger partial charge in [0.2, 0.25) is 5.88 Å². The molecule has 0 amide bonds. The van der Waals surface area contributed by atoms with Crippen LogP contribution in [0.1, 0.15) is 15.9 Å². The molecule has 1 unspecified atom stereocenters. The number of aromatic nitrogens is 1. The van der Waals surface area contributed by atoms with Gasteiger partial charge in [-0.2, -0.15) is 0 Å². The van der Waals surface area contributed by atoms with Crippen molar-refractivity contribution in [2.45, 2.75) is 12.5 Å². The third-order valence-electron chi connectivity index (χ3n) is 2.96. The second-order valence-electron chi connectivity index (χ2n) is 4.36. The fraction of sp³-hybridized carbons (Fsp3) is 0.200. The van der Waals surface area contributed by atoms with Crippen molar-refractivity contribution in [3.63, 3.8) is 0 Å². The maximum absolute atomic E-state index is 12.2. The Hall–Kier alpha value is -1.91. The van der Waals surface area contributed by atoms with Crippen LogP contribution < -0.4 is 10.5 Å². The second-order valence-corrected chi connectivity index (χ2v) is 4.76. The Morgan fingerprint density at radius 2 is 2.10 bits per heavy atom. The van der Waals surface area contributed by atoms with Crippen LogP contribution in [0, 0.1) is 0 Å². The summed E-state index contributed by atoms with van der Waals surface area (Å²) in [7, 11) is 1.52. The van der Waals surface area contributed by atoms with E-state index in [1.165, 1.54) is 13.3 Å². The molecule has 0 fully saturated rings. The molecule has 0 saturated carbocycles. The van der Waals surface area contributed by atoms with Crippen molar-refractivity contribution < 1.29 is 9.53 Å². The molecular formula is C15H15ClN2O2. The molecule has 2 rings (SSSR count). The van der Waals surface area contributed by atoms with Crippen LogP contribution in [-0.2, 0) is 6.42 Å². The monoisotopic (exact) mass is 290 g/mol. The highest BCUT2D eigenvalue weighted by molar-refractivity contribution is 6.31. The number of rotatable bonds is 5. The van der Waals surface area contributed by atoms with Crippen molar-refractivity contribution in [3.05, 3.63) is 58.7 Å². The van der Waals surface area contributed by atoms with Gasteiger partial charge in [-0.05, 0) is 24.1 Å². The van der Waals surface area contributed by atoms with Gasteiger partial charge in [0.1, 0.15) is 0 Å². The fourth-order valence-electron chi connectivity index (χ4n) is 1.85. The second kappa shape index (κ2) is 6.50. The van der Waals surface area contributed by atoms with Crippen molar-refractivity contribution in [1.29, 1.82) is 0 Å². The molecule has 104 valence electrons. The summed E-state index contributed by atoms with van der Waals surface area (Å²) < 4.78 is 4.95. The molecule has 2 aromatic rings. The van der Waals surface area contributed by atoms with E-state index in [0.29, 0.717) is 22.9 Å². The predicted molar refractivity (Wildman–Crippen MR) is 78.3 cm³/mol. The van der Waals surface area contributed by atoms with Gasteiger partial charge in [0.15, 0.2) is 5.78 Å². The topological polar surface area (TPSA) is 65.2 Å². The number of benzene rings is 1. The van der Waals surface area contributed by atoms with Crippen LogP contribution in [0.3, 0.4) is 0 Å². The lowest BCUT2D eigenvalue weighted by atomic mass is 9.99. The molecule has 0 aliphatic heterocycles. The van der Waals surface area contributed by atoms with E-state index in [1.54, 1.807) is 18.2 Å². The van der Waals surface area contributed by atoms with E-state index in [1.807, 2.05) is 18.2 Å². The summed E-state index contributed by atoms with van der Waals surface area (Å²) in [5.74, 6) is 0.293. The first-order valence-corrected chi connectivity index (χ1v) is 6.53. The minimum atomic E-state index is -0.648. The molecule has 4 nitrogen and oxygen atoms in total. The van der Waals surface area contributed by atoms with Crippen LogP contribution >= 0.6 is 11.6 Å². The summed E-state index contributed by atoms with van der Waals surface area (Å²) in [6.45, 7) is 0. The van der Waals surface area contributed by atoms with Crippen molar-refractivity contribution in [3.8, 4) is 5.88 Å². The lowest BCUT2D eigenvalue weighted by molar-refractivity contribution is 0.0960. The van der Waals surface area contributed by atoms with E-state index in [-0.39, 0.29) is 5.78 Å². The lowest BCUT2D eigenvalue weighted by Crippen LogP contribution is -2.32. The van der Waals surface area contributed by atoms with E-state index in [4.69, 9.17) is 22.1 Å². The zero-order valence-electron chi connectivity index (χ0n) is 11.0. The Kier molecular flexibility index (Phi) is 4.71. The minimum absolute atomic E-state index is 0.167. The minimum Gasteiger partial charge on any atom is -0.481 e. The summed E-state index contributed by atoms with van der Waals surface area (Å²) in [5, 5.41) is 0.614. The number of hydrogen-bond acceptors (Lipinski definition) is 4. The van der Waals surface area contributed by atoms with Crippen LogP contribution in [0.15, 0.2) is 42.6 Å². The van der Waals surface area contributed by atoms with E-state index in [9.17, 15) is 4.79 Å². The SMILES string of the molecule is COc1ccc(C(=O)C(N)Cc2ccccc2Cl)cn1. The van der Waals surface area contributed by atoms with Gasteiger partial charge < -0.3 is 10.5 Å². The molecule has 0 saturated heterocycles. The normalized spacial score (nSPS) is 11.9. The molecule has 5 heteroatoms. The Morgan fingerprint density at radius 3 is 2.70 bits per heavy atom. The number of ether oxygens (including phenoxy) is 1. The van der Waals surface area contributed by atoms with Gasteiger partial charge in [0, 0.05) is 22.8 Å². The molecule has 0 bridgehead atoms. The number of ketones is 1. The largest absolute Gasteiger partial charge is 0.481 e. The van der Waals surface area contributed by atoms with E-state index in [0.717, 1.165) is 5.56 Å². The molecule has 2 N–H and O–H groups in total. The molecule has 0 aliphatic rings. The van der Waals surface area contributed by atoms with Gasteiger partial charge >= 0.3 is 0 Å². The molecule has 1 atom stereocenters. The van der Waals surface area contributed by atoms with Gasteiger partial charge in [-0.15, -0.1) is 0 Å². The van der Waals surface area contributed by atoms with Crippen LogP contribution in [0.25, 0.3) is 0 Å².